The standard InChI is InChI=1S/C17H17N.C2H2/c1-3-17(15-8-4-13(2)5-9-15)16-10-6-14(12-18)7-11-16;1-2/h4-11,17H,3H2,1-2H3;1-2H. The minimum absolute atomic E-state index is 0.415. The molecule has 0 bridgehead atoms. The summed E-state index contributed by atoms with van der Waals surface area (Å²) in [5.74, 6) is 0.415. The molecule has 1 heteroatoms. The third-order valence-corrected chi connectivity index (χ3v) is 3.33. The molecule has 1 atom stereocenters. The maximum Gasteiger partial charge on any atom is 0.0991 e. The van der Waals surface area contributed by atoms with Gasteiger partial charge in [0.1, 0.15) is 0 Å². The predicted octanol–water partition coefficient (Wildman–Crippen LogP) is 4.66. The first-order valence-corrected chi connectivity index (χ1v) is 6.64. The predicted molar refractivity (Wildman–Crippen MR) is 84.4 cm³/mol. The maximum atomic E-state index is 8.82. The van der Waals surface area contributed by atoms with Crippen LogP contribution < -0.4 is 0 Å². The zero-order valence-electron chi connectivity index (χ0n) is 12.0. The third-order valence-electron chi connectivity index (χ3n) is 3.33. The van der Waals surface area contributed by atoms with E-state index in [9.17, 15) is 0 Å². The van der Waals surface area contributed by atoms with E-state index in [0.29, 0.717) is 5.92 Å². The summed E-state index contributed by atoms with van der Waals surface area (Å²) in [5, 5.41) is 8.82. The molecule has 2 aromatic carbocycles. The highest BCUT2D eigenvalue weighted by Crippen LogP contribution is 2.28. The van der Waals surface area contributed by atoms with Crippen molar-refractivity contribution in [2.45, 2.75) is 26.2 Å². The molecule has 0 saturated carbocycles. The summed E-state index contributed by atoms with van der Waals surface area (Å²) >= 11 is 0. The van der Waals surface area contributed by atoms with E-state index in [1.807, 2.05) is 12.1 Å². The van der Waals surface area contributed by atoms with Crippen molar-refractivity contribution < 1.29 is 0 Å². The number of aryl methyl sites for hydroxylation is 1. The van der Waals surface area contributed by atoms with Gasteiger partial charge >= 0.3 is 0 Å². The van der Waals surface area contributed by atoms with Crippen LogP contribution in [0.4, 0.5) is 0 Å². The topological polar surface area (TPSA) is 23.8 Å². The monoisotopic (exact) mass is 261 g/mol. The van der Waals surface area contributed by atoms with Crippen molar-refractivity contribution in [2.75, 3.05) is 0 Å². The van der Waals surface area contributed by atoms with Crippen molar-refractivity contribution in [3.63, 3.8) is 0 Å². The SMILES string of the molecule is C#C.CCC(c1ccc(C)cc1)c1ccc(C#N)cc1. The summed E-state index contributed by atoms with van der Waals surface area (Å²) in [4.78, 5) is 0. The van der Waals surface area contributed by atoms with Gasteiger partial charge in [-0.05, 0) is 36.6 Å². The second kappa shape index (κ2) is 7.82. The van der Waals surface area contributed by atoms with Gasteiger partial charge in [0, 0.05) is 5.92 Å². The van der Waals surface area contributed by atoms with Crippen molar-refractivity contribution in [1.29, 1.82) is 5.26 Å². The van der Waals surface area contributed by atoms with E-state index in [0.717, 1.165) is 12.0 Å². The average Bonchev–Trinajstić information content (AvgIpc) is 2.52. The number of hydrogen-bond acceptors (Lipinski definition) is 1. The molecule has 0 spiro atoms. The van der Waals surface area contributed by atoms with Gasteiger partial charge in [-0.1, -0.05) is 48.9 Å². The molecular weight excluding hydrogens is 242 g/mol. The summed E-state index contributed by atoms with van der Waals surface area (Å²) in [5.41, 5.74) is 4.62. The Balaban J connectivity index is 0.000000956. The molecule has 1 nitrogen and oxygen atoms in total. The lowest BCUT2D eigenvalue weighted by Gasteiger charge is -2.16. The van der Waals surface area contributed by atoms with Crippen molar-refractivity contribution >= 4 is 0 Å². The van der Waals surface area contributed by atoms with E-state index in [4.69, 9.17) is 5.26 Å². The normalized spacial score (nSPS) is 10.8. The fourth-order valence-electron chi connectivity index (χ4n) is 2.25. The lowest BCUT2D eigenvalue weighted by Crippen LogP contribution is -1.99. The Morgan fingerprint density at radius 2 is 1.40 bits per heavy atom. The molecule has 0 aromatic heterocycles. The largest absolute Gasteiger partial charge is 0.192 e. The Labute approximate surface area is 121 Å². The van der Waals surface area contributed by atoms with Gasteiger partial charge in [0.15, 0.2) is 0 Å². The highest BCUT2D eigenvalue weighted by molar-refractivity contribution is 5.38. The highest BCUT2D eigenvalue weighted by Gasteiger charge is 2.11. The highest BCUT2D eigenvalue weighted by atomic mass is 14.2. The fraction of sp³-hybridized carbons (Fsp3) is 0.211. The maximum absolute atomic E-state index is 8.82. The second-order valence-electron chi connectivity index (χ2n) is 4.61. The Bertz CT molecular complexity index is 582. The molecule has 0 N–H and O–H groups in total. The fourth-order valence-corrected chi connectivity index (χ4v) is 2.25. The second-order valence-corrected chi connectivity index (χ2v) is 4.61. The molecule has 2 aromatic rings. The molecule has 0 fully saturated rings. The zero-order valence-corrected chi connectivity index (χ0v) is 12.0. The van der Waals surface area contributed by atoms with Gasteiger partial charge in [-0.2, -0.15) is 5.26 Å². The van der Waals surface area contributed by atoms with Gasteiger partial charge in [0.2, 0.25) is 0 Å². The van der Waals surface area contributed by atoms with Crippen molar-refractivity contribution in [3.8, 4) is 18.9 Å². The molecule has 2 rings (SSSR count). The number of terminal acetylenes is 1. The van der Waals surface area contributed by atoms with Crippen LogP contribution in [-0.2, 0) is 0 Å². The third kappa shape index (κ3) is 3.74. The van der Waals surface area contributed by atoms with Gasteiger partial charge in [-0.25, -0.2) is 0 Å². The summed E-state index contributed by atoms with van der Waals surface area (Å²) < 4.78 is 0. The first kappa shape index (κ1) is 15.5. The van der Waals surface area contributed by atoms with Gasteiger partial charge < -0.3 is 0 Å². The van der Waals surface area contributed by atoms with Crippen LogP contribution in [0.3, 0.4) is 0 Å². The molecule has 100 valence electrons. The lowest BCUT2D eigenvalue weighted by molar-refractivity contribution is 0.777. The Kier molecular flexibility index (Phi) is 6.08. The quantitative estimate of drug-likeness (QED) is 0.737. The van der Waals surface area contributed by atoms with Crippen molar-refractivity contribution in [2.24, 2.45) is 0 Å². The number of nitriles is 1. The molecule has 0 amide bonds. The van der Waals surface area contributed by atoms with Gasteiger partial charge in [-0.3, -0.25) is 0 Å². The van der Waals surface area contributed by atoms with Crippen LogP contribution in [0.2, 0.25) is 0 Å². The number of rotatable bonds is 3. The molecule has 0 radical (unpaired) electrons. The molecule has 1 unspecified atom stereocenters. The molecule has 0 aliphatic heterocycles. The Morgan fingerprint density at radius 1 is 0.950 bits per heavy atom. The van der Waals surface area contributed by atoms with Crippen molar-refractivity contribution in [3.05, 3.63) is 70.8 Å². The van der Waals surface area contributed by atoms with E-state index >= 15 is 0 Å². The summed E-state index contributed by atoms with van der Waals surface area (Å²) in [6, 6.07) is 18.8. The average molecular weight is 261 g/mol. The van der Waals surface area contributed by atoms with E-state index in [-0.39, 0.29) is 0 Å². The van der Waals surface area contributed by atoms with Crippen LogP contribution >= 0.6 is 0 Å². The van der Waals surface area contributed by atoms with Crippen LogP contribution in [-0.4, -0.2) is 0 Å². The van der Waals surface area contributed by atoms with Crippen LogP contribution in [0.5, 0.6) is 0 Å². The molecule has 0 heterocycles. The first-order chi connectivity index (χ1) is 9.74. The van der Waals surface area contributed by atoms with Crippen LogP contribution in [0.1, 0.15) is 41.5 Å². The van der Waals surface area contributed by atoms with Crippen molar-refractivity contribution in [1.82, 2.24) is 0 Å². The van der Waals surface area contributed by atoms with E-state index < -0.39 is 0 Å². The van der Waals surface area contributed by atoms with Crippen LogP contribution in [0, 0.1) is 31.1 Å². The summed E-state index contributed by atoms with van der Waals surface area (Å²) in [6.07, 6.45) is 9.06. The molecule has 0 saturated heterocycles. The van der Waals surface area contributed by atoms with E-state index in [2.05, 4.69) is 69.2 Å². The summed E-state index contributed by atoms with van der Waals surface area (Å²) in [6.45, 7) is 4.30. The molecule has 0 aliphatic rings. The van der Waals surface area contributed by atoms with Gasteiger partial charge in [-0.15, -0.1) is 12.8 Å². The van der Waals surface area contributed by atoms with E-state index in [1.165, 1.54) is 16.7 Å². The lowest BCUT2D eigenvalue weighted by atomic mass is 9.88. The summed E-state index contributed by atoms with van der Waals surface area (Å²) in [7, 11) is 0. The molecule has 0 aliphatic carbocycles. The van der Waals surface area contributed by atoms with Gasteiger partial charge in [0.25, 0.3) is 0 Å². The Hall–Kier alpha value is -2.51. The first-order valence-electron chi connectivity index (χ1n) is 6.64. The number of hydrogen-bond donors (Lipinski definition) is 0. The molecule has 20 heavy (non-hydrogen) atoms. The minimum Gasteiger partial charge on any atom is -0.192 e. The minimum atomic E-state index is 0.415. The zero-order chi connectivity index (χ0) is 15.0. The number of nitrogens with zero attached hydrogens (tertiary/aromatic N) is 1. The molecular formula is C19H19N. The Morgan fingerprint density at radius 3 is 1.80 bits per heavy atom. The number of benzene rings is 2. The smallest absolute Gasteiger partial charge is 0.0991 e. The van der Waals surface area contributed by atoms with E-state index in [1.54, 1.807) is 0 Å². The van der Waals surface area contributed by atoms with Crippen LogP contribution in [0.25, 0.3) is 0 Å². The van der Waals surface area contributed by atoms with Crippen LogP contribution in [0.15, 0.2) is 48.5 Å². The van der Waals surface area contributed by atoms with Gasteiger partial charge in [0.05, 0.1) is 11.6 Å².